The zero-order valence-electron chi connectivity index (χ0n) is 11.8. The van der Waals surface area contributed by atoms with Gasteiger partial charge in [0, 0.05) is 0 Å². The Labute approximate surface area is 117 Å². The summed E-state index contributed by atoms with van der Waals surface area (Å²) in [6.45, 7) is 5.94. The van der Waals surface area contributed by atoms with E-state index >= 15 is 0 Å². The highest BCUT2D eigenvalue weighted by Gasteiger charge is 2.20. The van der Waals surface area contributed by atoms with E-state index in [1.807, 2.05) is 20.8 Å². The van der Waals surface area contributed by atoms with Crippen molar-refractivity contribution in [2.45, 2.75) is 27.2 Å². The number of aromatic hydroxyl groups is 1. The maximum absolute atomic E-state index is 11.3. The Morgan fingerprint density at radius 3 is 2.70 bits per heavy atom. The van der Waals surface area contributed by atoms with Crippen molar-refractivity contribution in [1.82, 2.24) is 9.78 Å². The molecule has 0 aliphatic heterocycles. The van der Waals surface area contributed by atoms with Gasteiger partial charge < -0.3 is 10.2 Å². The molecule has 0 atom stereocenters. The molecule has 0 bridgehead atoms. The number of phenols is 1. The maximum atomic E-state index is 11.3. The third-order valence-corrected chi connectivity index (χ3v) is 3.06. The third kappa shape index (κ3) is 2.66. The lowest BCUT2D eigenvalue weighted by Gasteiger charge is -2.12. The highest BCUT2D eigenvalue weighted by atomic mass is 16.4. The van der Waals surface area contributed by atoms with Crippen LogP contribution < -0.4 is 0 Å². The second-order valence-electron chi connectivity index (χ2n) is 5.31. The first kappa shape index (κ1) is 14.1. The van der Waals surface area contributed by atoms with Crippen LogP contribution in [0.2, 0.25) is 0 Å². The van der Waals surface area contributed by atoms with Gasteiger partial charge in [-0.1, -0.05) is 19.9 Å². The average Bonchev–Trinajstić information content (AvgIpc) is 2.75. The molecule has 0 fully saturated rings. The molecule has 0 unspecified atom stereocenters. The minimum Gasteiger partial charge on any atom is -0.506 e. The van der Waals surface area contributed by atoms with Crippen molar-refractivity contribution in [2.24, 2.45) is 5.92 Å². The zero-order chi connectivity index (χ0) is 14.9. The molecule has 1 aromatic carbocycles. The Balaban J connectivity index is 2.61. The molecule has 5 heteroatoms. The summed E-state index contributed by atoms with van der Waals surface area (Å²) in [5.41, 5.74) is 2.27. The van der Waals surface area contributed by atoms with Gasteiger partial charge in [0.1, 0.15) is 17.0 Å². The third-order valence-electron chi connectivity index (χ3n) is 3.06. The number of rotatable bonds is 4. The summed E-state index contributed by atoms with van der Waals surface area (Å²) < 4.78 is 1.52. The van der Waals surface area contributed by atoms with Crippen molar-refractivity contribution < 1.29 is 15.0 Å². The molecule has 1 aromatic heterocycles. The number of benzene rings is 1. The second-order valence-corrected chi connectivity index (χ2v) is 5.31. The van der Waals surface area contributed by atoms with Crippen LogP contribution >= 0.6 is 0 Å². The lowest BCUT2D eigenvalue weighted by molar-refractivity contribution is 0.0695. The van der Waals surface area contributed by atoms with Crippen molar-refractivity contribution in [1.29, 1.82) is 0 Å². The lowest BCUT2D eigenvalue weighted by atomic mass is 10.0. The molecule has 5 nitrogen and oxygen atoms in total. The average molecular weight is 274 g/mol. The van der Waals surface area contributed by atoms with E-state index in [0.717, 1.165) is 5.56 Å². The second kappa shape index (κ2) is 5.36. The molecule has 1 heterocycles. The van der Waals surface area contributed by atoms with Crippen LogP contribution in [-0.2, 0) is 6.42 Å². The Morgan fingerprint density at radius 2 is 2.10 bits per heavy atom. The van der Waals surface area contributed by atoms with Crippen LogP contribution in [0, 0.1) is 12.8 Å². The molecule has 0 radical (unpaired) electrons. The first-order chi connectivity index (χ1) is 9.40. The number of carboxylic acid groups (broad SMARTS) is 1. The number of hydrogen-bond acceptors (Lipinski definition) is 3. The largest absolute Gasteiger partial charge is 0.506 e. The van der Waals surface area contributed by atoms with E-state index in [2.05, 4.69) is 5.10 Å². The number of carboxylic acids is 1. The van der Waals surface area contributed by atoms with Gasteiger partial charge in [-0.3, -0.25) is 0 Å². The van der Waals surface area contributed by atoms with Crippen LogP contribution in [0.4, 0.5) is 0 Å². The van der Waals surface area contributed by atoms with Crippen LogP contribution in [0.25, 0.3) is 5.69 Å². The molecule has 2 rings (SSSR count). The predicted octanol–water partition coefficient (Wildman–Crippen LogP) is 2.78. The summed E-state index contributed by atoms with van der Waals surface area (Å²) in [4.78, 5) is 11.3. The van der Waals surface area contributed by atoms with E-state index in [0.29, 0.717) is 17.8 Å². The number of phenolic OH excluding ortho intramolecular Hbond substituents is 1. The molecule has 2 aromatic rings. The van der Waals surface area contributed by atoms with Gasteiger partial charge in [0.15, 0.2) is 0 Å². The van der Waals surface area contributed by atoms with Crippen LogP contribution in [-0.4, -0.2) is 26.0 Å². The highest BCUT2D eigenvalue weighted by molar-refractivity contribution is 5.88. The van der Waals surface area contributed by atoms with Crippen molar-refractivity contribution in [2.75, 3.05) is 0 Å². The SMILES string of the molecule is Cc1ccc(O)c(-n2ncc(C(=O)O)c2CC(C)C)c1. The van der Waals surface area contributed by atoms with Crippen molar-refractivity contribution >= 4 is 5.97 Å². The summed E-state index contributed by atoms with van der Waals surface area (Å²) in [6.07, 6.45) is 1.91. The predicted molar refractivity (Wildman–Crippen MR) is 75.5 cm³/mol. The van der Waals surface area contributed by atoms with Crippen LogP contribution in [0.15, 0.2) is 24.4 Å². The minimum atomic E-state index is -1.00. The molecule has 106 valence electrons. The number of aromatic nitrogens is 2. The highest BCUT2D eigenvalue weighted by Crippen LogP contribution is 2.26. The van der Waals surface area contributed by atoms with E-state index in [-0.39, 0.29) is 17.2 Å². The summed E-state index contributed by atoms with van der Waals surface area (Å²) in [6, 6.07) is 5.17. The first-order valence-corrected chi connectivity index (χ1v) is 6.50. The monoisotopic (exact) mass is 274 g/mol. The molecule has 0 saturated heterocycles. The van der Waals surface area contributed by atoms with E-state index in [1.54, 1.807) is 18.2 Å². The summed E-state index contributed by atoms with van der Waals surface area (Å²) >= 11 is 0. The zero-order valence-corrected chi connectivity index (χ0v) is 11.8. The number of aromatic carboxylic acids is 1. The van der Waals surface area contributed by atoms with Gasteiger partial charge in [-0.15, -0.1) is 0 Å². The fourth-order valence-electron chi connectivity index (χ4n) is 2.15. The van der Waals surface area contributed by atoms with Gasteiger partial charge in [0.05, 0.1) is 11.9 Å². The normalized spacial score (nSPS) is 11.0. The van der Waals surface area contributed by atoms with E-state index < -0.39 is 5.97 Å². The van der Waals surface area contributed by atoms with Crippen molar-refractivity contribution in [3.63, 3.8) is 0 Å². The molecule has 2 N–H and O–H groups in total. The van der Waals surface area contributed by atoms with Crippen LogP contribution in [0.5, 0.6) is 5.75 Å². The van der Waals surface area contributed by atoms with E-state index in [1.165, 1.54) is 10.9 Å². The standard InChI is InChI=1S/C15H18N2O3/c1-9(2)6-12-11(15(19)20)8-16-17(12)13-7-10(3)4-5-14(13)18/h4-5,7-9,18H,6H2,1-3H3,(H,19,20). The molecule has 20 heavy (non-hydrogen) atoms. The van der Waals surface area contributed by atoms with Gasteiger partial charge in [-0.25, -0.2) is 9.48 Å². The van der Waals surface area contributed by atoms with Crippen molar-refractivity contribution in [3.8, 4) is 11.4 Å². The lowest BCUT2D eigenvalue weighted by Crippen LogP contribution is -2.10. The van der Waals surface area contributed by atoms with Crippen molar-refractivity contribution in [3.05, 3.63) is 41.2 Å². The number of aryl methyl sites for hydroxylation is 1. The Bertz CT molecular complexity index is 645. The topological polar surface area (TPSA) is 75.3 Å². The summed E-state index contributed by atoms with van der Waals surface area (Å²) in [7, 11) is 0. The van der Waals surface area contributed by atoms with Gasteiger partial charge >= 0.3 is 5.97 Å². The van der Waals surface area contributed by atoms with Gasteiger partial charge in [0.2, 0.25) is 0 Å². The number of nitrogens with zero attached hydrogens (tertiary/aromatic N) is 2. The molecule has 0 amide bonds. The fraction of sp³-hybridized carbons (Fsp3) is 0.333. The smallest absolute Gasteiger partial charge is 0.339 e. The van der Waals surface area contributed by atoms with Gasteiger partial charge in [-0.2, -0.15) is 5.10 Å². The van der Waals surface area contributed by atoms with Crippen LogP contribution in [0.3, 0.4) is 0 Å². The summed E-state index contributed by atoms with van der Waals surface area (Å²) in [5, 5.41) is 23.4. The molecule has 0 aliphatic rings. The minimum absolute atomic E-state index is 0.0839. The maximum Gasteiger partial charge on any atom is 0.339 e. The Kier molecular flexibility index (Phi) is 3.79. The fourth-order valence-corrected chi connectivity index (χ4v) is 2.15. The molecular weight excluding hydrogens is 256 g/mol. The molecule has 0 aliphatic carbocycles. The van der Waals surface area contributed by atoms with E-state index in [4.69, 9.17) is 0 Å². The first-order valence-electron chi connectivity index (χ1n) is 6.50. The Hall–Kier alpha value is -2.30. The van der Waals surface area contributed by atoms with Gasteiger partial charge in [0.25, 0.3) is 0 Å². The number of carbonyl (C=O) groups is 1. The van der Waals surface area contributed by atoms with Gasteiger partial charge in [-0.05, 0) is 37.0 Å². The molecule has 0 saturated carbocycles. The summed E-state index contributed by atoms with van der Waals surface area (Å²) in [5.74, 6) is -0.629. The molecular formula is C15H18N2O3. The quantitative estimate of drug-likeness (QED) is 0.899. The van der Waals surface area contributed by atoms with E-state index in [9.17, 15) is 15.0 Å². The van der Waals surface area contributed by atoms with Crippen LogP contribution in [0.1, 0.15) is 35.5 Å². The number of hydrogen-bond donors (Lipinski definition) is 2. The Morgan fingerprint density at radius 1 is 1.40 bits per heavy atom. The molecule has 0 spiro atoms.